The van der Waals surface area contributed by atoms with Gasteiger partial charge >= 0.3 is 5.97 Å². The number of ether oxygens (including phenoxy) is 2. The van der Waals surface area contributed by atoms with Crippen molar-refractivity contribution < 1.29 is 19.5 Å². The van der Waals surface area contributed by atoms with Crippen molar-refractivity contribution in [2.75, 3.05) is 7.11 Å². The largest absolute Gasteiger partial charge is 0.493 e. The van der Waals surface area contributed by atoms with E-state index in [0.29, 0.717) is 10.6 Å². The van der Waals surface area contributed by atoms with E-state index in [2.05, 4.69) is 5.16 Å². The third kappa shape index (κ3) is 4.75. The molecule has 0 spiro atoms. The van der Waals surface area contributed by atoms with Gasteiger partial charge in [-0.2, -0.15) is 0 Å². The number of hydrogen-bond donors (Lipinski definition) is 1. The smallest absolute Gasteiger partial charge is 0.336 e. The summed E-state index contributed by atoms with van der Waals surface area (Å²) >= 11 is 11.9. The van der Waals surface area contributed by atoms with Crippen molar-refractivity contribution in [3.05, 3.63) is 63.6 Å². The number of nitrogens with zero attached hydrogens (tertiary/aromatic N) is 1. The fourth-order valence-corrected chi connectivity index (χ4v) is 2.24. The molecule has 2 aromatic carbocycles. The van der Waals surface area contributed by atoms with Gasteiger partial charge in [-0.15, -0.1) is 0 Å². The molecule has 0 unspecified atom stereocenters. The van der Waals surface area contributed by atoms with Crippen LogP contribution in [0.25, 0.3) is 6.08 Å². The van der Waals surface area contributed by atoms with Gasteiger partial charge < -0.3 is 14.7 Å². The van der Waals surface area contributed by atoms with Crippen molar-refractivity contribution >= 4 is 41.5 Å². The molecule has 2 rings (SSSR count). The van der Waals surface area contributed by atoms with Crippen molar-refractivity contribution in [1.82, 2.24) is 0 Å². The van der Waals surface area contributed by atoms with Gasteiger partial charge in [0, 0.05) is 16.7 Å². The van der Waals surface area contributed by atoms with Crippen molar-refractivity contribution in [2.24, 2.45) is 5.16 Å². The molecule has 7 heteroatoms. The molecule has 124 valence electrons. The van der Waals surface area contributed by atoms with Gasteiger partial charge in [-0.1, -0.05) is 40.5 Å². The highest BCUT2D eigenvalue weighted by Crippen LogP contribution is 2.36. The Labute approximate surface area is 148 Å². The Kier molecular flexibility index (Phi) is 6.23. The zero-order chi connectivity index (χ0) is 17.5. The number of esters is 1. The number of halogens is 2. The predicted octanol–water partition coefficient (Wildman–Crippen LogP) is 4.43. The second kappa shape index (κ2) is 8.38. The molecule has 0 saturated heterocycles. The number of carbonyl (C=O) groups excluding carboxylic acids is 1. The van der Waals surface area contributed by atoms with Crippen molar-refractivity contribution in [1.29, 1.82) is 0 Å². The van der Waals surface area contributed by atoms with Crippen LogP contribution in [-0.2, 0) is 4.79 Å². The molecule has 2 aromatic rings. The lowest BCUT2D eigenvalue weighted by Crippen LogP contribution is -2.06. The minimum atomic E-state index is -0.617. The van der Waals surface area contributed by atoms with Crippen LogP contribution in [0.1, 0.15) is 11.1 Å². The third-order valence-corrected chi connectivity index (χ3v) is 3.48. The van der Waals surface area contributed by atoms with E-state index in [1.165, 1.54) is 31.5 Å². The van der Waals surface area contributed by atoms with E-state index in [9.17, 15) is 4.79 Å². The van der Waals surface area contributed by atoms with Crippen LogP contribution in [0.3, 0.4) is 0 Å². The van der Waals surface area contributed by atoms with Gasteiger partial charge in [0.05, 0.1) is 18.3 Å². The summed E-state index contributed by atoms with van der Waals surface area (Å²) in [6.07, 6.45) is 4.04. The first kappa shape index (κ1) is 17.8. The van der Waals surface area contributed by atoms with E-state index in [1.807, 2.05) is 0 Å². The molecule has 0 radical (unpaired) electrons. The summed E-state index contributed by atoms with van der Waals surface area (Å²) in [5.74, 6) is -0.292. The lowest BCUT2D eigenvalue weighted by Gasteiger charge is -2.10. The van der Waals surface area contributed by atoms with Crippen molar-refractivity contribution in [2.45, 2.75) is 0 Å². The normalized spacial score (nSPS) is 11.1. The highest BCUT2D eigenvalue weighted by atomic mass is 35.5. The maximum absolute atomic E-state index is 12.0. The van der Waals surface area contributed by atoms with Crippen LogP contribution in [0.15, 0.2) is 47.6 Å². The molecule has 0 heterocycles. The molecule has 0 aromatic heterocycles. The first-order chi connectivity index (χ1) is 11.5. The summed E-state index contributed by atoms with van der Waals surface area (Å²) in [6, 6.07) is 9.97. The highest BCUT2D eigenvalue weighted by molar-refractivity contribution is 6.32. The zero-order valence-corrected chi connectivity index (χ0v) is 14.1. The topological polar surface area (TPSA) is 68.1 Å². The standard InChI is InChI=1S/C17H13Cl2NO4/c1-23-15-9-12(10-20-22)8-14(19)17(15)24-16(21)7-4-11-2-5-13(18)6-3-11/h2-10,22H,1H3/b7-4+,20-10+. The molecule has 0 bridgehead atoms. The van der Waals surface area contributed by atoms with Crippen LogP contribution in [0.2, 0.25) is 10.0 Å². The predicted molar refractivity (Wildman–Crippen MR) is 93.5 cm³/mol. The van der Waals surface area contributed by atoms with Gasteiger partial charge in [-0.25, -0.2) is 4.79 Å². The number of rotatable bonds is 5. The lowest BCUT2D eigenvalue weighted by molar-refractivity contribution is -0.129. The molecule has 1 N–H and O–H groups in total. The van der Waals surface area contributed by atoms with Crippen LogP contribution in [-0.4, -0.2) is 24.5 Å². The van der Waals surface area contributed by atoms with E-state index < -0.39 is 5.97 Å². The van der Waals surface area contributed by atoms with Crippen LogP contribution in [0.5, 0.6) is 11.5 Å². The van der Waals surface area contributed by atoms with Crippen LogP contribution in [0.4, 0.5) is 0 Å². The summed E-state index contributed by atoms with van der Waals surface area (Å²) in [5.41, 5.74) is 1.29. The molecule has 0 aliphatic heterocycles. The lowest BCUT2D eigenvalue weighted by atomic mass is 10.2. The Bertz CT molecular complexity index is 786. The van der Waals surface area contributed by atoms with E-state index in [0.717, 1.165) is 5.56 Å². The van der Waals surface area contributed by atoms with Crippen LogP contribution < -0.4 is 9.47 Å². The number of benzene rings is 2. The SMILES string of the molecule is COc1cc(/C=N/O)cc(Cl)c1OC(=O)/C=C/c1ccc(Cl)cc1. The molecule has 5 nitrogen and oxygen atoms in total. The van der Waals surface area contributed by atoms with Gasteiger partial charge in [-0.3, -0.25) is 0 Å². The second-order valence-electron chi connectivity index (χ2n) is 4.58. The molecular formula is C17H13Cl2NO4. The zero-order valence-electron chi connectivity index (χ0n) is 12.6. The quantitative estimate of drug-likeness (QED) is 0.212. The van der Waals surface area contributed by atoms with Crippen LogP contribution in [0, 0.1) is 0 Å². The monoisotopic (exact) mass is 365 g/mol. The van der Waals surface area contributed by atoms with E-state index in [-0.39, 0.29) is 16.5 Å². The minimum absolute atomic E-state index is 0.0833. The maximum Gasteiger partial charge on any atom is 0.336 e. The Balaban J connectivity index is 2.17. The Morgan fingerprint density at radius 3 is 2.50 bits per heavy atom. The van der Waals surface area contributed by atoms with Gasteiger partial charge in [0.25, 0.3) is 0 Å². The maximum atomic E-state index is 12.0. The van der Waals surface area contributed by atoms with Gasteiger partial charge in [0.15, 0.2) is 11.5 Å². The fourth-order valence-electron chi connectivity index (χ4n) is 1.85. The molecule has 0 fully saturated rings. The van der Waals surface area contributed by atoms with Crippen LogP contribution >= 0.6 is 23.2 Å². The van der Waals surface area contributed by atoms with E-state index >= 15 is 0 Å². The average molecular weight is 366 g/mol. The van der Waals surface area contributed by atoms with Crippen molar-refractivity contribution in [3.8, 4) is 11.5 Å². The fraction of sp³-hybridized carbons (Fsp3) is 0.0588. The molecule has 24 heavy (non-hydrogen) atoms. The molecule has 0 saturated carbocycles. The molecule has 0 amide bonds. The molecule has 0 aliphatic carbocycles. The van der Waals surface area contributed by atoms with Gasteiger partial charge in [0.1, 0.15) is 0 Å². The minimum Gasteiger partial charge on any atom is -0.493 e. The Hall–Kier alpha value is -2.50. The number of methoxy groups -OCH3 is 1. The first-order valence-electron chi connectivity index (χ1n) is 6.74. The summed E-state index contributed by atoms with van der Waals surface area (Å²) in [6.45, 7) is 0. The van der Waals surface area contributed by atoms with Gasteiger partial charge in [-0.05, 0) is 35.9 Å². The third-order valence-electron chi connectivity index (χ3n) is 2.94. The first-order valence-corrected chi connectivity index (χ1v) is 7.49. The molecular weight excluding hydrogens is 353 g/mol. The number of hydrogen-bond acceptors (Lipinski definition) is 5. The van der Waals surface area contributed by atoms with E-state index in [1.54, 1.807) is 30.3 Å². The summed E-state index contributed by atoms with van der Waals surface area (Å²) in [4.78, 5) is 12.0. The summed E-state index contributed by atoms with van der Waals surface area (Å²) < 4.78 is 10.4. The highest BCUT2D eigenvalue weighted by Gasteiger charge is 2.14. The summed E-state index contributed by atoms with van der Waals surface area (Å²) in [7, 11) is 1.41. The second-order valence-corrected chi connectivity index (χ2v) is 5.43. The number of carbonyl (C=O) groups is 1. The number of oxime groups is 1. The average Bonchev–Trinajstić information content (AvgIpc) is 2.56. The van der Waals surface area contributed by atoms with Gasteiger partial charge in [0.2, 0.25) is 0 Å². The Morgan fingerprint density at radius 2 is 1.88 bits per heavy atom. The van der Waals surface area contributed by atoms with E-state index in [4.69, 9.17) is 37.9 Å². The molecule has 0 atom stereocenters. The Morgan fingerprint density at radius 1 is 1.17 bits per heavy atom. The van der Waals surface area contributed by atoms with Crippen molar-refractivity contribution in [3.63, 3.8) is 0 Å². The summed E-state index contributed by atoms with van der Waals surface area (Å²) in [5, 5.41) is 12.2. The molecule has 0 aliphatic rings.